The van der Waals surface area contributed by atoms with Gasteiger partial charge in [-0.3, -0.25) is 4.79 Å². The predicted molar refractivity (Wildman–Crippen MR) is 57.9 cm³/mol. The van der Waals surface area contributed by atoms with Gasteiger partial charge in [0.05, 0.1) is 12.1 Å². The van der Waals surface area contributed by atoms with Crippen LogP contribution in [0.1, 0.15) is 12.6 Å². The number of carbonyl (C=O) groups excluding carboxylic acids is 1. The number of hydrogen-bond donors (Lipinski definition) is 0. The largest absolute Gasteiger partial charge is 0.300 e. The van der Waals surface area contributed by atoms with Crippen molar-refractivity contribution in [2.45, 2.75) is 13.3 Å². The zero-order valence-corrected chi connectivity index (χ0v) is 9.15. The molecule has 1 heterocycles. The highest BCUT2D eigenvalue weighted by Crippen LogP contribution is 2.16. The van der Waals surface area contributed by atoms with Gasteiger partial charge in [-0.1, -0.05) is 6.07 Å². The molecule has 0 saturated heterocycles. The number of rotatable bonds is 3. The molecule has 0 bridgehead atoms. The minimum absolute atomic E-state index is 0.0516. The van der Waals surface area contributed by atoms with Crippen LogP contribution in [0.3, 0.4) is 0 Å². The molecule has 1 aromatic carbocycles. The Balaban J connectivity index is 2.40. The lowest BCUT2D eigenvalue weighted by atomic mass is 10.2. The van der Waals surface area contributed by atoms with Gasteiger partial charge in [-0.15, -0.1) is 0 Å². The summed E-state index contributed by atoms with van der Waals surface area (Å²) in [5.41, 5.74) is 0.252. The Labute approximate surface area is 96.7 Å². The molecule has 3 nitrogen and oxygen atoms in total. The van der Waals surface area contributed by atoms with Crippen LogP contribution < -0.4 is 0 Å². The number of hydrogen-bond acceptors (Lipinski definition) is 2. The van der Waals surface area contributed by atoms with Gasteiger partial charge in [0.2, 0.25) is 0 Å². The van der Waals surface area contributed by atoms with Crippen LogP contribution in [-0.4, -0.2) is 15.6 Å². The molecule has 0 saturated carbocycles. The van der Waals surface area contributed by atoms with Gasteiger partial charge in [0.1, 0.15) is 11.5 Å². The van der Waals surface area contributed by atoms with Crippen LogP contribution in [0.2, 0.25) is 0 Å². The summed E-state index contributed by atoms with van der Waals surface area (Å²) in [6.45, 7) is 1.43. The minimum Gasteiger partial charge on any atom is -0.300 e. The molecule has 88 valence electrons. The van der Waals surface area contributed by atoms with Gasteiger partial charge in [0.25, 0.3) is 0 Å². The Morgan fingerprint density at radius 1 is 1.29 bits per heavy atom. The number of benzene rings is 1. The van der Waals surface area contributed by atoms with Crippen LogP contribution >= 0.6 is 0 Å². The molecular formula is C12H10F2N2O. The van der Waals surface area contributed by atoms with Crippen molar-refractivity contribution in [2.24, 2.45) is 0 Å². The van der Waals surface area contributed by atoms with Crippen LogP contribution in [0.5, 0.6) is 0 Å². The van der Waals surface area contributed by atoms with Gasteiger partial charge >= 0.3 is 0 Å². The van der Waals surface area contributed by atoms with Crippen LogP contribution in [0.25, 0.3) is 5.69 Å². The average molecular weight is 236 g/mol. The molecule has 0 unspecified atom stereocenters. The highest BCUT2D eigenvalue weighted by Gasteiger charge is 2.12. The van der Waals surface area contributed by atoms with Crippen molar-refractivity contribution in [1.29, 1.82) is 0 Å². The second kappa shape index (κ2) is 4.45. The van der Waals surface area contributed by atoms with E-state index in [1.807, 2.05) is 0 Å². The molecule has 0 atom stereocenters. The van der Waals surface area contributed by atoms with Crippen LogP contribution in [0, 0.1) is 11.6 Å². The first-order valence-corrected chi connectivity index (χ1v) is 5.06. The van der Waals surface area contributed by atoms with E-state index in [4.69, 9.17) is 0 Å². The summed E-state index contributed by atoms with van der Waals surface area (Å²) in [6.07, 6.45) is 1.59. The van der Waals surface area contributed by atoms with Gasteiger partial charge < -0.3 is 0 Å². The molecule has 1 aromatic heterocycles. The third-order valence-electron chi connectivity index (χ3n) is 2.24. The van der Waals surface area contributed by atoms with Gasteiger partial charge in [-0.2, -0.15) is 5.10 Å². The maximum Gasteiger partial charge on any atom is 0.151 e. The first-order chi connectivity index (χ1) is 8.08. The van der Waals surface area contributed by atoms with E-state index >= 15 is 0 Å². The fourth-order valence-electron chi connectivity index (χ4n) is 1.54. The van der Waals surface area contributed by atoms with Crippen LogP contribution in [0.15, 0.2) is 30.5 Å². The van der Waals surface area contributed by atoms with Crippen molar-refractivity contribution in [3.05, 3.63) is 47.8 Å². The molecule has 0 fully saturated rings. The van der Waals surface area contributed by atoms with E-state index < -0.39 is 11.6 Å². The molecule has 0 amide bonds. The Morgan fingerprint density at radius 2 is 1.94 bits per heavy atom. The number of halogens is 2. The van der Waals surface area contributed by atoms with Crippen molar-refractivity contribution in [3.63, 3.8) is 0 Å². The second-order valence-electron chi connectivity index (χ2n) is 3.70. The third kappa shape index (κ3) is 2.38. The van der Waals surface area contributed by atoms with Crippen molar-refractivity contribution in [2.75, 3.05) is 0 Å². The molecule has 2 aromatic rings. The van der Waals surface area contributed by atoms with Gasteiger partial charge in [-0.25, -0.2) is 13.5 Å². The maximum atomic E-state index is 13.4. The lowest BCUT2D eigenvalue weighted by Crippen LogP contribution is -2.04. The fourth-order valence-corrected chi connectivity index (χ4v) is 1.54. The predicted octanol–water partition coefficient (Wildman–Crippen LogP) is 2.28. The SMILES string of the molecule is CC(=O)Cc1ccn(-c2c(F)cccc2F)n1. The number of Topliss-reactive ketones (excluding diaryl/α,β-unsaturated/α-hetero) is 1. The second-order valence-corrected chi connectivity index (χ2v) is 3.70. The minimum atomic E-state index is -0.692. The van der Waals surface area contributed by atoms with Crippen molar-refractivity contribution in [3.8, 4) is 5.69 Å². The van der Waals surface area contributed by atoms with E-state index in [0.29, 0.717) is 5.69 Å². The third-order valence-corrected chi connectivity index (χ3v) is 2.24. The number of carbonyl (C=O) groups is 1. The van der Waals surface area contributed by atoms with Gasteiger partial charge in [0.15, 0.2) is 11.6 Å². The van der Waals surface area contributed by atoms with E-state index in [9.17, 15) is 13.6 Å². The zero-order valence-electron chi connectivity index (χ0n) is 9.15. The standard InChI is InChI=1S/C12H10F2N2O/c1-8(17)7-9-5-6-16(15-9)12-10(13)3-2-4-11(12)14/h2-6H,7H2,1H3. The van der Waals surface area contributed by atoms with Crippen molar-refractivity contribution >= 4 is 5.78 Å². The molecule has 5 heteroatoms. The number of para-hydroxylation sites is 1. The Bertz CT molecular complexity index is 543. The smallest absolute Gasteiger partial charge is 0.151 e. The normalized spacial score (nSPS) is 10.5. The number of nitrogens with zero attached hydrogens (tertiary/aromatic N) is 2. The summed E-state index contributed by atoms with van der Waals surface area (Å²) < 4.78 is 28.0. The molecule has 0 aliphatic heterocycles. The van der Waals surface area contributed by atoms with Crippen LogP contribution in [-0.2, 0) is 11.2 Å². The summed E-state index contributed by atoms with van der Waals surface area (Å²) in [6, 6.07) is 5.16. The van der Waals surface area contributed by atoms with Gasteiger partial charge in [0, 0.05) is 6.20 Å². The Morgan fingerprint density at radius 3 is 2.53 bits per heavy atom. The van der Waals surface area contributed by atoms with E-state index in [-0.39, 0.29) is 17.9 Å². The summed E-state index contributed by atoms with van der Waals surface area (Å²) in [5, 5.41) is 3.96. The fraction of sp³-hybridized carbons (Fsp3) is 0.167. The molecule has 0 aliphatic carbocycles. The van der Waals surface area contributed by atoms with E-state index in [1.54, 1.807) is 6.07 Å². The highest BCUT2D eigenvalue weighted by molar-refractivity contribution is 5.77. The molecule has 0 aliphatic rings. The lowest BCUT2D eigenvalue weighted by Gasteiger charge is -2.03. The molecular weight excluding hydrogens is 226 g/mol. The number of ketones is 1. The van der Waals surface area contributed by atoms with E-state index in [2.05, 4.69) is 5.10 Å². The summed E-state index contributed by atoms with van der Waals surface area (Å²) in [4.78, 5) is 10.9. The highest BCUT2D eigenvalue weighted by atomic mass is 19.1. The molecule has 0 N–H and O–H groups in total. The first-order valence-electron chi connectivity index (χ1n) is 5.06. The Kier molecular flexibility index (Phi) is 2.99. The van der Waals surface area contributed by atoms with Gasteiger partial charge in [-0.05, 0) is 25.1 Å². The van der Waals surface area contributed by atoms with E-state index in [0.717, 1.165) is 16.8 Å². The monoisotopic (exact) mass is 236 g/mol. The van der Waals surface area contributed by atoms with E-state index in [1.165, 1.54) is 19.2 Å². The topological polar surface area (TPSA) is 34.9 Å². The summed E-state index contributed by atoms with van der Waals surface area (Å²) >= 11 is 0. The average Bonchev–Trinajstić information content (AvgIpc) is 2.65. The Hall–Kier alpha value is -2.04. The van der Waals surface area contributed by atoms with Crippen molar-refractivity contribution in [1.82, 2.24) is 9.78 Å². The molecule has 17 heavy (non-hydrogen) atoms. The lowest BCUT2D eigenvalue weighted by molar-refractivity contribution is -0.116. The number of aromatic nitrogens is 2. The molecule has 0 radical (unpaired) electrons. The van der Waals surface area contributed by atoms with Crippen molar-refractivity contribution < 1.29 is 13.6 Å². The quantitative estimate of drug-likeness (QED) is 0.819. The summed E-state index contributed by atoms with van der Waals surface area (Å²) in [7, 11) is 0. The molecule has 0 spiro atoms. The summed E-state index contributed by atoms with van der Waals surface area (Å²) in [5.74, 6) is -1.44. The maximum absolute atomic E-state index is 13.4. The molecule has 2 rings (SSSR count). The first kappa shape index (κ1) is 11.4. The zero-order chi connectivity index (χ0) is 12.4. The van der Waals surface area contributed by atoms with Crippen LogP contribution in [0.4, 0.5) is 8.78 Å².